The summed E-state index contributed by atoms with van der Waals surface area (Å²) in [6, 6.07) is 1.88. The summed E-state index contributed by atoms with van der Waals surface area (Å²) < 4.78 is 33.3. The lowest BCUT2D eigenvalue weighted by Crippen LogP contribution is -2.16. The number of non-ortho nitro benzene ring substituents is 1. The van der Waals surface area contributed by atoms with E-state index >= 15 is 0 Å². The van der Waals surface area contributed by atoms with Crippen molar-refractivity contribution >= 4 is 15.7 Å². The standard InChI is InChI=1S/C11H14N2O6S/c1-4-7(2)19-9-5-8(13(14)15)6-10(11(9)18-3)20(12,16)17/h4-7H,1H2,2-3H3,(H2,12,16,17). The molecule has 9 heteroatoms. The van der Waals surface area contributed by atoms with Crippen molar-refractivity contribution in [2.45, 2.75) is 17.9 Å². The van der Waals surface area contributed by atoms with Crippen molar-refractivity contribution in [3.63, 3.8) is 0 Å². The largest absolute Gasteiger partial charge is 0.492 e. The SMILES string of the molecule is C=CC(C)Oc1cc([N+](=O)[O-])cc(S(N)(=O)=O)c1OC. The zero-order chi connectivity index (χ0) is 15.5. The normalized spacial score (nSPS) is 12.6. The van der Waals surface area contributed by atoms with Gasteiger partial charge in [0.05, 0.1) is 18.1 Å². The van der Waals surface area contributed by atoms with E-state index in [1.165, 1.54) is 13.2 Å². The Morgan fingerprint density at radius 1 is 1.50 bits per heavy atom. The predicted octanol–water partition coefficient (Wildman–Crippen LogP) is 1.20. The Balaban J connectivity index is 3.59. The van der Waals surface area contributed by atoms with Gasteiger partial charge in [0.25, 0.3) is 5.69 Å². The highest BCUT2D eigenvalue weighted by Gasteiger charge is 2.25. The van der Waals surface area contributed by atoms with Crippen LogP contribution in [-0.4, -0.2) is 26.6 Å². The van der Waals surface area contributed by atoms with Gasteiger partial charge in [-0.1, -0.05) is 12.7 Å². The molecule has 0 saturated carbocycles. The van der Waals surface area contributed by atoms with Crippen LogP contribution < -0.4 is 14.6 Å². The maximum absolute atomic E-state index is 11.5. The zero-order valence-electron chi connectivity index (χ0n) is 10.9. The molecule has 1 rings (SSSR count). The highest BCUT2D eigenvalue weighted by atomic mass is 32.2. The lowest BCUT2D eigenvalue weighted by Gasteiger charge is -2.15. The van der Waals surface area contributed by atoms with Crippen molar-refractivity contribution in [2.75, 3.05) is 7.11 Å². The average molecular weight is 302 g/mol. The van der Waals surface area contributed by atoms with E-state index in [9.17, 15) is 18.5 Å². The molecule has 0 radical (unpaired) electrons. The number of nitro benzene ring substituents is 1. The minimum Gasteiger partial charge on any atom is -0.492 e. The van der Waals surface area contributed by atoms with Crippen LogP contribution in [0.15, 0.2) is 29.7 Å². The maximum Gasteiger partial charge on any atom is 0.274 e. The number of hydrogen-bond acceptors (Lipinski definition) is 6. The van der Waals surface area contributed by atoms with Crippen LogP contribution in [-0.2, 0) is 10.0 Å². The molecule has 8 nitrogen and oxygen atoms in total. The minimum absolute atomic E-state index is 0.0990. The van der Waals surface area contributed by atoms with Gasteiger partial charge in [0.1, 0.15) is 11.0 Å². The highest BCUT2D eigenvalue weighted by molar-refractivity contribution is 7.89. The van der Waals surface area contributed by atoms with Gasteiger partial charge in [0.15, 0.2) is 11.5 Å². The molecule has 0 saturated heterocycles. The Labute approximate surface area is 116 Å². The monoisotopic (exact) mass is 302 g/mol. The molecule has 0 spiro atoms. The Morgan fingerprint density at radius 3 is 2.50 bits per heavy atom. The third kappa shape index (κ3) is 3.45. The molecular formula is C11H14N2O6S. The van der Waals surface area contributed by atoms with Crippen LogP contribution in [0.2, 0.25) is 0 Å². The van der Waals surface area contributed by atoms with Crippen LogP contribution in [0.1, 0.15) is 6.92 Å². The second-order valence-corrected chi connectivity index (χ2v) is 5.37. The van der Waals surface area contributed by atoms with Gasteiger partial charge < -0.3 is 9.47 Å². The van der Waals surface area contributed by atoms with Crippen molar-refractivity contribution < 1.29 is 22.8 Å². The van der Waals surface area contributed by atoms with Crippen LogP contribution in [0.5, 0.6) is 11.5 Å². The van der Waals surface area contributed by atoms with Gasteiger partial charge in [0.2, 0.25) is 10.0 Å². The molecule has 2 N–H and O–H groups in total. The smallest absolute Gasteiger partial charge is 0.274 e. The van der Waals surface area contributed by atoms with Gasteiger partial charge in [-0.25, -0.2) is 13.6 Å². The van der Waals surface area contributed by atoms with E-state index in [1.54, 1.807) is 6.92 Å². The molecule has 0 aliphatic heterocycles. The maximum atomic E-state index is 11.5. The summed E-state index contributed by atoms with van der Waals surface area (Å²) in [5, 5.41) is 15.9. The van der Waals surface area contributed by atoms with Crippen LogP contribution in [0.3, 0.4) is 0 Å². The number of primary sulfonamides is 1. The van der Waals surface area contributed by atoms with Crippen molar-refractivity contribution in [3.8, 4) is 11.5 Å². The fourth-order valence-corrected chi connectivity index (χ4v) is 2.14. The molecule has 0 bridgehead atoms. The first kappa shape index (κ1) is 15.9. The molecule has 1 unspecified atom stereocenters. The van der Waals surface area contributed by atoms with E-state index in [0.29, 0.717) is 0 Å². The summed E-state index contributed by atoms with van der Waals surface area (Å²) in [7, 11) is -2.99. The summed E-state index contributed by atoms with van der Waals surface area (Å²) in [6.45, 7) is 5.13. The summed E-state index contributed by atoms with van der Waals surface area (Å²) in [5.74, 6) is -0.287. The Kier molecular flexibility index (Phi) is 4.69. The number of benzene rings is 1. The van der Waals surface area contributed by atoms with Crippen LogP contribution in [0, 0.1) is 10.1 Å². The molecule has 0 amide bonds. The first-order valence-electron chi connectivity index (χ1n) is 5.39. The van der Waals surface area contributed by atoms with Crippen LogP contribution in [0.25, 0.3) is 0 Å². The molecule has 1 aromatic carbocycles. The molecule has 20 heavy (non-hydrogen) atoms. The molecule has 0 aliphatic rings. The van der Waals surface area contributed by atoms with Gasteiger partial charge in [-0.3, -0.25) is 10.1 Å². The number of nitro groups is 1. The highest BCUT2D eigenvalue weighted by Crippen LogP contribution is 2.38. The summed E-state index contributed by atoms with van der Waals surface area (Å²) in [4.78, 5) is 9.58. The molecular weight excluding hydrogens is 288 g/mol. The van der Waals surface area contributed by atoms with Crippen molar-refractivity contribution in [1.82, 2.24) is 0 Å². The number of nitrogens with zero attached hydrogens (tertiary/aromatic N) is 1. The minimum atomic E-state index is -4.20. The fourth-order valence-electron chi connectivity index (χ4n) is 1.42. The number of hydrogen-bond donors (Lipinski definition) is 1. The second-order valence-electron chi connectivity index (χ2n) is 3.84. The molecule has 1 atom stereocenters. The van der Waals surface area contributed by atoms with Crippen molar-refractivity contribution in [2.24, 2.45) is 5.14 Å². The van der Waals surface area contributed by atoms with E-state index in [4.69, 9.17) is 14.6 Å². The average Bonchev–Trinajstić information content (AvgIpc) is 2.36. The lowest BCUT2D eigenvalue weighted by molar-refractivity contribution is -0.385. The van der Waals surface area contributed by atoms with Crippen LogP contribution >= 0.6 is 0 Å². The molecule has 0 aliphatic carbocycles. The molecule has 0 heterocycles. The van der Waals surface area contributed by atoms with E-state index < -0.39 is 31.6 Å². The Hall–Kier alpha value is -2.13. The Morgan fingerprint density at radius 2 is 2.10 bits per heavy atom. The third-order valence-corrected chi connectivity index (χ3v) is 3.29. The predicted molar refractivity (Wildman–Crippen MR) is 71.3 cm³/mol. The van der Waals surface area contributed by atoms with Gasteiger partial charge in [-0.05, 0) is 6.92 Å². The van der Waals surface area contributed by atoms with E-state index in [2.05, 4.69) is 6.58 Å². The van der Waals surface area contributed by atoms with Gasteiger partial charge >= 0.3 is 0 Å². The first-order valence-corrected chi connectivity index (χ1v) is 6.93. The first-order chi connectivity index (χ1) is 9.20. The summed E-state index contributed by atoms with van der Waals surface area (Å²) in [6.07, 6.45) is 0.939. The summed E-state index contributed by atoms with van der Waals surface area (Å²) >= 11 is 0. The number of ether oxygens (including phenoxy) is 2. The molecule has 110 valence electrons. The van der Waals surface area contributed by atoms with Crippen molar-refractivity contribution in [1.29, 1.82) is 0 Å². The molecule has 1 aromatic rings. The van der Waals surface area contributed by atoms with Gasteiger partial charge in [0, 0.05) is 6.07 Å². The quantitative estimate of drug-likeness (QED) is 0.478. The van der Waals surface area contributed by atoms with Gasteiger partial charge in [-0.15, -0.1) is 0 Å². The van der Waals surface area contributed by atoms with Crippen molar-refractivity contribution in [3.05, 3.63) is 34.9 Å². The Bertz CT molecular complexity index is 641. The number of rotatable bonds is 6. The van der Waals surface area contributed by atoms with E-state index in [0.717, 1.165) is 12.1 Å². The topological polar surface area (TPSA) is 122 Å². The second kappa shape index (κ2) is 5.88. The van der Waals surface area contributed by atoms with Crippen LogP contribution in [0.4, 0.5) is 5.69 Å². The lowest BCUT2D eigenvalue weighted by atomic mass is 10.2. The van der Waals surface area contributed by atoms with E-state index in [-0.39, 0.29) is 11.5 Å². The summed E-state index contributed by atoms with van der Waals surface area (Å²) in [5.41, 5.74) is -0.471. The van der Waals surface area contributed by atoms with E-state index in [1.807, 2.05) is 0 Å². The number of sulfonamides is 1. The molecule has 0 fully saturated rings. The zero-order valence-corrected chi connectivity index (χ0v) is 11.7. The fraction of sp³-hybridized carbons (Fsp3) is 0.273. The van der Waals surface area contributed by atoms with Gasteiger partial charge in [-0.2, -0.15) is 0 Å². The number of nitrogens with two attached hydrogens (primary N) is 1. The third-order valence-electron chi connectivity index (χ3n) is 2.37. The molecule has 0 aromatic heterocycles. The number of methoxy groups -OCH3 is 1.